The second-order valence-corrected chi connectivity index (χ2v) is 4.77. The number of nitriles is 1. The molecule has 0 N–H and O–H groups in total. The number of rotatable bonds is 4. The van der Waals surface area contributed by atoms with E-state index in [0.717, 1.165) is 31.7 Å². The van der Waals surface area contributed by atoms with Crippen LogP contribution in [-0.4, -0.2) is 37.1 Å². The van der Waals surface area contributed by atoms with Crippen LogP contribution in [0.3, 0.4) is 0 Å². The molecule has 3 heteroatoms. The molecule has 0 radical (unpaired) electrons. The number of hydrogen-bond acceptors (Lipinski definition) is 3. The second-order valence-electron chi connectivity index (χ2n) is 4.77. The highest BCUT2D eigenvalue weighted by Gasteiger charge is 2.26. The molecule has 0 bridgehead atoms. The zero-order chi connectivity index (χ0) is 13.0. The maximum Gasteiger partial charge on any atom is 0.0992 e. The van der Waals surface area contributed by atoms with E-state index in [0.29, 0.717) is 6.04 Å². The van der Waals surface area contributed by atoms with E-state index in [1.54, 1.807) is 0 Å². The number of benzene rings is 1. The van der Waals surface area contributed by atoms with Crippen molar-refractivity contribution in [1.82, 2.24) is 4.90 Å². The van der Waals surface area contributed by atoms with Gasteiger partial charge in [0.1, 0.15) is 0 Å². The molecule has 3 nitrogen and oxygen atoms in total. The molecule has 0 spiro atoms. The Morgan fingerprint density at radius 3 is 2.83 bits per heavy atom. The van der Waals surface area contributed by atoms with E-state index in [-0.39, 0.29) is 0 Å². The summed E-state index contributed by atoms with van der Waals surface area (Å²) in [5, 5.41) is 8.94. The van der Waals surface area contributed by atoms with Crippen molar-refractivity contribution in [1.29, 1.82) is 5.26 Å². The molecule has 1 aromatic rings. The first-order valence-electron chi connectivity index (χ1n) is 6.77. The standard InChI is InChI=1S/C15H21N3/c1-3-17(4-2)15-8-9-18(12-15)14-7-5-6-13(10-14)11-16/h5-7,10,15H,3-4,8-9,12H2,1-2H3. The van der Waals surface area contributed by atoms with Crippen LogP contribution in [0.15, 0.2) is 24.3 Å². The van der Waals surface area contributed by atoms with E-state index in [1.165, 1.54) is 12.1 Å². The van der Waals surface area contributed by atoms with E-state index < -0.39 is 0 Å². The molecular formula is C15H21N3. The first-order chi connectivity index (χ1) is 8.78. The SMILES string of the molecule is CCN(CC)C1CCN(c2cccc(C#N)c2)C1. The lowest BCUT2D eigenvalue weighted by Gasteiger charge is -2.26. The summed E-state index contributed by atoms with van der Waals surface area (Å²) in [4.78, 5) is 4.91. The van der Waals surface area contributed by atoms with Crippen LogP contribution in [0.25, 0.3) is 0 Å². The van der Waals surface area contributed by atoms with Crippen molar-refractivity contribution in [3.05, 3.63) is 29.8 Å². The Hall–Kier alpha value is -1.53. The monoisotopic (exact) mass is 243 g/mol. The predicted octanol–water partition coefficient (Wildman–Crippen LogP) is 2.48. The van der Waals surface area contributed by atoms with Gasteiger partial charge in [0.15, 0.2) is 0 Å². The Kier molecular flexibility index (Phi) is 4.22. The van der Waals surface area contributed by atoms with Gasteiger partial charge in [-0.2, -0.15) is 5.26 Å². The molecule has 1 aliphatic rings. The Morgan fingerprint density at radius 1 is 1.39 bits per heavy atom. The second kappa shape index (κ2) is 5.88. The molecule has 18 heavy (non-hydrogen) atoms. The molecule has 0 aliphatic carbocycles. The van der Waals surface area contributed by atoms with Gasteiger partial charge in [0.2, 0.25) is 0 Å². The smallest absolute Gasteiger partial charge is 0.0992 e. The van der Waals surface area contributed by atoms with Gasteiger partial charge in [0.05, 0.1) is 11.6 Å². The lowest BCUT2D eigenvalue weighted by molar-refractivity contribution is 0.232. The summed E-state index contributed by atoms with van der Waals surface area (Å²) < 4.78 is 0. The zero-order valence-corrected chi connectivity index (χ0v) is 11.3. The fraction of sp³-hybridized carbons (Fsp3) is 0.533. The van der Waals surface area contributed by atoms with Gasteiger partial charge in [-0.1, -0.05) is 19.9 Å². The Labute approximate surface area is 110 Å². The number of anilines is 1. The van der Waals surface area contributed by atoms with Crippen LogP contribution in [0.5, 0.6) is 0 Å². The molecule has 1 unspecified atom stereocenters. The highest BCUT2D eigenvalue weighted by atomic mass is 15.2. The van der Waals surface area contributed by atoms with Crippen LogP contribution in [-0.2, 0) is 0 Å². The summed E-state index contributed by atoms with van der Waals surface area (Å²) in [5.41, 5.74) is 1.93. The van der Waals surface area contributed by atoms with Crippen LogP contribution >= 0.6 is 0 Å². The molecule has 1 aromatic carbocycles. The van der Waals surface area contributed by atoms with E-state index in [1.807, 2.05) is 18.2 Å². The Morgan fingerprint density at radius 2 is 2.17 bits per heavy atom. The molecule has 1 aliphatic heterocycles. The van der Waals surface area contributed by atoms with E-state index in [9.17, 15) is 0 Å². The van der Waals surface area contributed by atoms with Gasteiger partial charge < -0.3 is 4.90 Å². The summed E-state index contributed by atoms with van der Waals surface area (Å²) in [5.74, 6) is 0. The Bertz CT molecular complexity index is 432. The molecule has 0 amide bonds. The highest BCUT2D eigenvalue weighted by molar-refractivity contribution is 5.52. The van der Waals surface area contributed by atoms with Crippen molar-refractivity contribution < 1.29 is 0 Å². The van der Waals surface area contributed by atoms with Crippen molar-refractivity contribution >= 4 is 5.69 Å². The molecule has 96 valence electrons. The third-order valence-electron chi connectivity index (χ3n) is 3.83. The summed E-state index contributed by atoms with van der Waals surface area (Å²) in [6.07, 6.45) is 1.22. The van der Waals surface area contributed by atoms with Crippen molar-refractivity contribution in [2.75, 3.05) is 31.1 Å². The van der Waals surface area contributed by atoms with Gasteiger partial charge in [0.25, 0.3) is 0 Å². The molecule has 1 saturated heterocycles. The molecule has 2 rings (SSSR count). The summed E-state index contributed by atoms with van der Waals surface area (Å²) in [6.45, 7) is 8.86. The van der Waals surface area contributed by atoms with Crippen molar-refractivity contribution in [2.45, 2.75) is 26.3 Å². The molecule has 0 saturated carbocycles. The highest BCUT2D eigenvalue weighted by Crippen LogP contribution is 2.23. The van der Waals surface area contributed by atoms with Gasteiger partial charge in [-0.05, 0) is 37.7 Å². The van der Waals surface area contributed by atoms with Gasteiger partial charge in [0, 0.05) is 24.8 Å². The van der Waals surface area contributed by atoms with Crippen LogP contribution in [0, 0.1) is 11.3 Å². The minimum atomic E-state index is 0.658. The minimum absolute atomic E-state index is 0.658. The fourth-order valence-electron chi connectivity index (χ4n) is 2.79. The third kappa shape index (κ3) is 2.65. The van der Waals surface area contributed by atoms with E-state index >= 15 is 0 Å². The normalized spacial score (nSPS) is 19.2. The molecular weight excluding hydrogens is 222 g/mol. The van der Waals surface area contributed by atoms with Gasteiger partial charge in [-0.3, -0.25) is 4.90 Å². The maximum atomic E-state index is 8.94. The van der Waals surface area contributed by atoms with Gasteiger partial charge >= 0.3 is 0 Å². The summed E-state index contributed by atoms with van der Waals surface area (Å²) in [7, 11) is 0. The van der Waals surface area contributed by atoms with Crippen LogP contribution < -0.4 is 4.90 Å². The summed E-state index contributed by atoms with van der Waals surface area (Å²) >= 11 is 0. The summed E-state index contributed by atoms with van der Waals surface area (Å²) in [6, 6.07) is 10.8. The van der Waals surface area contributed by atoms with Crippen LogP contribution in [0.1, 0.15) is 25.8 Å². The zero-order valence-electron chi connectivity index (χ0n) is 11.3. The predicted molar refractivity (Wildman–Crippen MR) is 74.7 cm³/mol. The number of nitrogens with zero attached hydrogens (tertiary/aromatic N) is 3. The first-order valence-corrected chi connectivity index (χ1v) is 6.77. The van der Waals surface area contributed by atoms with Gasteiger partial charge in [-0.15, -0.1) is 0 Å². The lowest BCUT2D eigenvalue weighted by atomic mass is 10.2. The van der Waals surface area contributed by atoms with Crippen LogP contribution in [0.2, 0.25) is 0 Å². The largest absolute Gasteiger partial charge is 0.370 e. The quantitative estimate of drug-likeness (QED) is 0.814. The number of likely N-dealkylation sites (N-methyl/N-ethyl adjacent to an activating group) is 1. The average Bonchev–Trinajstić information content (AvgIpc) is 2.90. The topological polar surface area (TPSA) is 30.3 Å². The fourth-order valence-corrected chi connectivity index (χ4v) is 2.79. The molecule has 1 heterocycles. The molecule has 1 fully saturated rings. The average molecular weight is 243 g/mol. The minimum Gasteiger partial charge on any atom is -0.370 e. The lowest BCUT2D eigenvalue weighted by Crippen LogP contribution is -2.37. The Balaban J connectivity index is 2.06. The van der Waals surface area contributed by atoms with Gasteiger partial charge in [-0.25, -0.2) is 0 Å². The number of hydrogen-bond donors (Lipinski definition) is 0. The van der Waals surface area contributed by atoms with Crippen LogP contribution in [0.4, 0.5) is 5.69 Å². The molecule has 1 atom stereocenters. The van der Waals surface area contributed by atoms with Crippen molar-refractivity contribution in [3.63, 3.8) is 0 Å². The van der Waals surface area contributed by atoms with Crippen molar-refractivity contribution in [3.8, 4) is 6.07 Å². The van der Waals surface area contributed by atoms with E-state index in [4.69, 9.17) is 5.26 Å². The van der Waals surface area contributed by atoms with Crippen molar-refractivity contribution in [2.24, 2.45) is 0 Å². The maximum absolute atomic E-state index is 8.94. The third-order valence-corrected chi connectivity index (χ3v) is 3.83. The molecule has 0 aromatic heterocycles. The first kappa shape index (κ1) is 12.9. The van der Waals surface area contributed by atoms with E-state index in [2.05, 4.69) is 35.8 Å².